The molecule has 1 aromatic rings. The highest BCUT2D eigenvalue weighted by atomic mass is 15.2. The van der Waals surface area contributed by atoms with E-state index in [1.807, 2.05) is 0 Å². The molecule has 0 amide bonds. The van der Waals surface area contributed by atoms with Crippen molar-refractivity contribution in [2.24, 2.45) is 0 Å². The van der Waals surface area contributed by atoms with E-state index < -0.39 is 0 Å². The average molecular weight is 244 g/mol. The summed E-state index contributed by atoms with van der Waals surface area (Å²) in [5.41, 5.74) is 2.95. The first kappa shape index (κ1) is 12.0. The Morgan fingerprint density at radius 1 is 1.17 bits per heavy atom. The van der Waals surface area contributed by atoms with Crippen molar-refractivity contribution in [1.82, 2.24) is 5.32 Å². The van der Waals surface area contributed by atoms with Crippen LogP contribution in [0.1, 0.15) is 38.2 Å². The van der Waals surface area contributed by atoms with Crippen molar-refractivity contribution in [1.29, 1.82) is 0 Å². The van der Waals surface area contributed by atoms with Crippen molar-refractivity contribution in [2.45, 2.75) is 51.1 Å². The SMILES string of the molecule is CCc1ccccc1N1CCCC(NC2CC2)C1. The summed E-state index contributed by atoms with van der Waals surface area (Å²) in [6.45, 7) is 4.66. The first-order chi connectivity index (χ1) is 8.86. The lowest BCUT2D eigenvalue weighted by atomic mass is 10.0. The molecule has 0 aromatic heterocycles. The fourth-order valence-corrected chi connectivity index (χ4v) is 3.03. The minimum Gasteiger partial charge on any atom is -0.370 e. The first-order valence-corrected chi connectivity index (χ1v) is 7.45. The zero-order valence-electron chi connectivity index (χ0n) is 11.4. The molecular formula is C16H24N2. The van der Waals surface area contributed by atoms with Crippen LogP contribution in [0.3, 0.4) is 0 Å². The Morgan fingerprint density at radius 2 is 2.00 bits per heavy atom. The highest BCUT2D eigenvalue weighted by Crippen LogP contribution is 2.26. The number of benzene rings is 1. The van der Waals surface area contributed by atoms with Crippen molar-refractivity contribution in [3.63, 3.8) is 0 Å². The van der Waals surface area contributed by atoms with E-state index in [0.29, 0.717) is 6.04 Å². The fourth-order valence-electron chi connectivity index (χ4n) is 3.03. The Hall–Kier alpha value is -1.02. The van der Waals surface area contributed by atoms with Gasteiger partial charge in [-0.05, 0) is 43.7 Å². The van der Waals surface area contributed by atoms with Crippen molar-refractivity contribution in [2.75, 3.05) is 18.0 Å². The summed E-state index contributed by atoms with van der Waals surface area (Å²) in [5, 5.41) is 3.79. The van der Waals surface area contributed by atoms with E-state index in [-0.39, 0.29) is 0 Å². The maximum absolute atomic E-state index is 3.79. The molecule has 1 saturated heterocycles. The van der Waals surface area contributed by atoms with Gasteiger partial charge in [-0.3, -0.25) is 0 Å². The molecule has 98 valence electrons. The number of anilines is 1. The maximum Gasteiger partial charge on any atom is 0.0399 e. The van der Waals surface area contributed by atoms with Gasteiger partial charge >= 0.3 is 0 Å². The molecule has 1 unspecified atom stereocenters. The fraction of sp³-hybridized carbons (Fsp3) is 0.625. The van der Waals surface area contributed by atoms with Crippen LogP contribution in [0.4, 0.5) is 5.69 Å². The number of hydrogen-bond donors (Lipinski definition) is 1. The molecule has 18 heavy (non-hydrogen) atoms. The van der Waals surface area contributed by atoms with E-state index in [2.05, 4.69) is 41.4 Å². The van der Waals surface area contributed by atoms with E-state index in [4.69, 9.17) is 0 Å². The third kappa shape index (κ3) is 2.69. The van der Waals surface area contributed by atoms with E-state index >= 15 is 0 Å². The summed E-state index contributed by atoms with van der Waals surface area (Å²) in [6, 6.07) is 10.4. The summed E-state index contributed by atoms with van der Waals surface area (Å²) < 4.78 is 0. The minimum atomic E-state index is 0.705. The molecule has 1 aliphatic heterocycles. The van der Waals surface area contributed by atoms with Crippen LogP contribution in [0.25, 0.3) is 0 Å². The highest BCUT2D eigenvalue weighted by Gasteiger charge is 2.27. The largest absolute Gasteiger partial charge is 0.370 e. The van der Waals surface area contributed by atoms with Gasteiger partial charge in [0, 0.05) is 30.9 Å². The number of para-hydroxylation sites is 1. The van der Waals surface area contributed by atoms with Gasteiger partial charge in [0.1, 0.15) is 0 Å². The lowest BCUT2D eigenvalue weighted by Gasteiger charge is -2.36. The van der Waals surface area contributed by atoms with Crippen molar-refractivity contribution >= 4 is 5.69 Å². The smallest absolute Gasteiger partial charge is 0.0399 e. The van der Waals surface area contributed by atoms with E-state index in [0.717, 1.165) is 12.5 Å². The van der Waals surface area contributed by atoms with Crippen molar-refractivity contribution in [3.8, 4) is 0 Å². The van der Waals surface area contributed by atoms with E-state index in [1.54, 1.807) is 0 Å². The Kier molecular flexibility index (Phi) is 3.55. The molecule has 1 saturated carbocycles. The van der Waals surface area contributed by atoms with Crippen LogP contribution in [0.15, 0.2) is 24.3 Å². The van der Waals surface area contributed by atoms with Gasteiger partial charge in [-0.2, -0.15) is 0 Å². The molecule has 3 rings (SSSR count). The second-order valence-electron chi connectivity index (χ2n) is 5.71. The van der Waals surface area contributed by atoms with Crippen molar-refractivity contribution in [3.05, 3.63) is 29.8 Å². The van der Waals surface area contributed by atoms with Crippen LogP contribution in [0.5, 0.6) is 0 Å². The van der Waals surface area contributed by atoms with Crippen LogP contribution in [-0.4, -0.2) is 25.2 Å². The monoisotopic (exact) mass is 244 g/mol. The van der Waals surface area contributed by atoms with Gasteiger partial charge < -0.3 is 10.2 Å². The molecule has 1 atom stereocenters. The molecule has 2 aliphatic rings. The summed E-state index contributed by atoms with van der Waals surface area (Å²) in [4.78, 5) is 2.59. The molecule has 2 nitrogen and oxygen atoms in total. The molecule has 1 aliphatic carbocycles. The zero-order chi connectivity index (χ0) is 12.4. The minimum absolute atomic E-state index is 0.705. The van der Waals surface area contributed by atoms with Crippen LogP contribution in [-0.2, 0) is 6.42 Å². The maximum atomic E-state index is 3.79. The molecule has 0 radical (unpaired) electrons. The predicted molar refractivity (Wildman–Crippen MR) is 77.2 cm³/mol. The zero-order valence-corrected chi connectivity index (χ0v) is 11.4. The van der Waals surface area contributed by atoms with Gasteiger partial charge in [0.25, 0.3) is 0 Å². The van der Waals surface area contributed by atoms with Gasteiger partial charge in [0.05, 0.1) is 0 Å². The summed E-state index contributed by atoms with van der Waals surface area (Å²) in [7, 11) is 0. The lowest BCUT2D eigenvalue weighted by molar-refractivity contribution is 0.420. The van der Waals surface area contributed by atoms with Gasteiger partial charge in [-0.15, -0.1) is 0 Å². The molecule has 0 bridgehead atoms. The van der Waals surface area contributed by atoms with Crippen LogP contribution < -0.4 is 10.2 Å². The molecule has 2 heteroatoms. The van der Waals surface area contributed by atoms with E-state index in [1.165, 1.54) is 50.0 Å². The highest BCUT2D eigenvalue weighted by molar-refractivity contribution is 5.54. The standard InChI is InChI=1S/C16H24N2/c1-2-13-6-3-4-8-16(13)18-11-5-7-15(12-18)17-14-9-10-14/h3-4,6,8,14-15,17H,2,5,7,9-12H2,1H3. The number of nitrogens with zero attached hydrogens (tertiary/aromatic N) is 1. The first-order valence-electron chi connectivity index (χ1n) is 7.45. The second kappa shape index (κ2) is 5.31. The quantitative estimate of drug-likeness (QED) is 0.876. The van der Waals surface area contributed by atoms with Crippen LogP contribution >= 0.6 is 0 Å². The molecule has 1 aromatic carbocycles. The summed E-state index contributed by atoms with van der Waals surface area (Å²) in [6.07, 6.45) is 6.58. The molecule has 2 fully saturated rings. The molecule has 0 spiro atoms. The van der Waals surface area contributed by atoms with Crippen molar-refractivity contribution < 1.29 is 0 Å². The Balaban J connectivity index is 1.70. The number of hydrogen-bond acceptors (Lipinski definition) is 2. The van der Waals surface area contributed by atoms with Crippen LogP contribution in [0.2, 0.25) is 0 Å². The second-order valence-corrected chi connectivity index (χ2v) is 5.71. The topological polar surface area (TPSA) is 15.3 Å². The summed E-state index contributed by atoms with van der Waals surface area (Å²) >= 11 is 0. The van der Waals surface area contributed by atoms with Gasteiger partial charge in [-0.25, -0.2) is 0 Å². The number of nitrogens with one attached hydrogen (secondary N) is 1. The normalized spacial score (nSPS) is 24.3. The third-order valence-electron chi connectivity index (χ3n) is 4.18. The Labute approximate surface area is 110 Å². The summed E-state index contributed by atoms with van der Waals surface area (Å²) in [5.74, 6) is 0. The number of rotatable bonds is 4. The van der Waals surface area contributed by atoms with Crippen LogP contribution in [0, 0.1) is 0 Å². The number of piperidine rings is 1. The molecular weight excluding hydrogens is 220 g/mol. The van der Waals surface area contributed by atoms with Gasteiger partial charge in [0.15, 0.2) is 0 Å². The Morgan fingerprint density at radius 3 is 2.78 bits per heavy atom. The molecule has 1 heterocycles. The Bertz CT molecular complexity index is 398. The molecule has 1 N–H and O–H groups in total. The van der Waals surface area contributed by atoms with E-state index in [9.17, 15) is 0 Å². The number of aryl methyl sites for hydroxylation is 1. The third-order valence-corrected chi connectivity index (χ3v) is 4.18. The lowest BCUT2D eigenvalue weighted by Crippen LogP contribution is -2.46. The average Bonchev–Trinajstić information content (AvgIpc) is 3.23. The predicted octanol–water partition coefficient (Wildman–Crippen LogP) is 2.97. The van der Waals surface area contributed by atoms with Gasteiger partial charge in [-0.1, -0.05) is 25.1 Å². The van der Waals surface area contributed by atoms with Gasteiger partial charge in [0.2, 0.25) is 0 Å².